The van der Waals surface area contributed by atoms with Gasteiger partial charge in [-0.3, -0.25) is 4.21 Å². The van der Waals surface area contributed by atoms with E-state index < -0.39 is 10.8 Å². The first-order valence-corrected chi connectivity index (χ1v) is 9.24. The van der Waals surface area contributed by atoms with Crippen molar-refractivity contribution in [2.24, 2.45) is 0 Å². The van der Waals surface area contributed by atoms with Gasteiger partial charge in [-0.15, -0.1) is 11.8 Å². The Morgan fingerprint density at radius 3 is 2.64 bits per heavy atom. The number of aromatic nitrogens is 2. The molecule has 1 atom stereocenters. The minimum Gasteiger partial charge on any atom is -0.384 e. The van der Waals surface area contributed by atoms with Gasteiger partial charge in [0.05, 0.1) is 16.6 Å². The van der Waals surface area contributed by atoms with Crippen molar-refractivity contribution in [3.63, 3.8) is 0 Å². The molecule has 0 aliphatic rings. The van der Waals surface area contributed by atoms with Gasteiger partial charge in [0.15, 0.2) is 0 Å². The van der Waals surface area contributed by atoms with E-state index >= 15 is 0 Å². The summed E-state index contributed by atoms with van der Waals surface area (Å²) < 4.78 is 12.5. The fraction of sp³-hybridized carbons (Fsp3) is 0.125. The van der Waals surface area contributed by atoms with Crippen LogP contribution in [0.1, 0.15) is 5.56 Å². The lowest BCUT2D eigenvalue weighted by Gasteiger charge is -2.05. The maximum atomic E-state index is 12.5. The lowest BCUT2D eigenvalue weighted by molar-refractivity contribution is 0.673. The summed E-state index contributed by atoms with van der Waals surface area (Å²) in [6.45, 7) is 0. The van der Waals surface area contributed by atoms with E-state index in [4.69, 9.17) is 5.73 Å². The number of hydrogen-bond donors (Lipinski definition) is 1. The molecule has 0 bridgehead atoms. The van der Waals surface area contributed by atoms with Gasteiger partial charge < -0.3 is 5.73 Å². The zero-order chi connectivity index (χ0) is 15.5. The topological polar surface area (TPSA) is 68.9 Å². The summed E-state index contributed by atoms with van der Waals surface area (Å²) in [5, 5.41) is 3.32. The molecule has 3 rings (SSSR count). The third-order valence-corrected chi connectivity index (χ3v) is 5.04. The highest BCUT2D eigenvalue weighted by Crippen LogP contribution is 2.20. The molecule has 0 saturated heterocycles. The lowest BCUT2D eigenvalue weighted by atomic mass is 10.1. The fourth-order valence-electron chi connectivity index (χ4n) is 2.17. The van der Waals surface area contributed by atoms with Gasteiger partial charge in [-0.05, 0) is 22.6 Å². The normalized spacial score (nSPS) is 12.4. The number of fused-ring (bicyclic) bond motifs is 1. The maximum Gasteiger partial charge on any atom is 0.221 e. The molecule has 6 heteroatoms. The van der Waals surface area contributed by atoms with Crippen LogP contribution in [0.25, 0.3) is 10.8 Å². The van der Waals surface area contributed by atoms with Crippen LogP contribution >= 0.6 is 11.8 Å². The highest BCUT2D eigenvalue weighted by atomic mass is 32.2. The first-order chi connectivity index (χ1) is 10.7. The van der Waals surface area contributed by atoms with Crippen LogP contribution in [0.5, 0.6) is 0 Å². The van der Waals surface area contributed by atoms with E-state index in [0.717, 1.165) is 16.0 Å². The molecular formula is C16H15N3OS2. The van der Waals surface area contributed by atoms with Crippen molar-refractivity contribution in [2.75, 3.05) is 12.0 Å². The molecular weight excluding hydrogens is 314 g/mol. The predicted molar refractivity (Wildman–Crippen MR) is 92.3 cm³/mol. The Balaban J connectivity index is 1.87. The summed E-state index contributed by atoms with van der Waals surface area (Å²) in [4.78, 5) is 8.38. The molecule has 2 aromatic carbocycles. The number of thioether (sulfide) groups is 1. The molecule has 0 radical (unpaired) electrons. The van der Waals surface area contributed by atoms with Gasteiger partial charge in [-0.1, -0.05) is 42.5 Å². The number of benzene rings is 2. The van der Waals surface area contributed by atoms with E-state index in [1.807, 2.05) is 36.6 Å². The highest BCUT2D eigenvalue weighted by Gasteiger charge is 2.11. The molecule has 4 nitrogen and oxygen atoms in total. The molecule has 0 saturated carbocycles. The SMILES string of the molecule is CSc1cc(N)nc(S(=O)Cc2ccc3ccccc3c2)n1. The van der Waals surface area contributed by atoms with Crippen LogP contribution in [0.4, 0.5) is 5.82 Å². The monoisotopic (exact) mass is 329 g/mol. The van der Waals surface area contributed by atoms with Gasteiger partial charge in [-0.25, -0.2) is 9.97 Å². The summed E-state index contributed by atoms with van der Waals surface area (Å²) in [5.41, 5.74) is 6.74. The third kappa shape index (κ3) is 3.28. The Hall–Kier alpha value is -1.92. The molecule has 2 N–H and O–H groups in total. The first-order valence-electron chi connectivity index (χ1n) is 6.70. The molecule has 0 fully saturated rings. The van der Waals surface area contributed by atoms with Gasteiger partial charge in [-0.2, -0.15) is 0 Å². The predicted octanol–water partition coefficient (Wildman–Crippen LogP) is 3.24. The second-order valence-electron chi connectivity index (χ2n) is 4.79. The molecule has 0 amide bonds. The van der Waals surface area contributed by atoms with Crippen molar-refractivity contribution in [3.05, 3.63) is 54.1 Å². The quantitative estimate of drug-likeness (QED) is 0.452. The Bertz CT molecular complexity index is 852. The molecule has 1 aromatic heterocycles. The minimum atomic E-state index is -1.32. The van der Waals surface area contributed by atoms with Gasteiger partial charge in [0.1, 0.15) is 10.8 Å². The summed E-state index contributed by atoms with van der Waals surface area (Å²) in [6.07, 6.45) is 1.90. The van der Waals surface area contributed by atoms with Crippen molar-refractivity contribution in [1.82, 2.24) is 9.97 Å². The largest absolute Gasteiger partial charge is 0.384 e. The van der Waals surface area contributed by atoms with Crippen LogP contribution in [0.3, 0.4) is 0 Å². The van der Waals surface area contributed by atoms with Crippen molar-refractivity contribution in [1.29, 1.82) is 0 Å². The van der Waals surface area contributed by atoms with E-state index in [2.05, 4.69) is 22.1 Å². The average molecular weight is 329 g/mol. The number of nitrogens with two attached hydrogens (primary N) is 1. The summed E-state index contributed by atoms with van der Waals surface area (Å²) in [6, 6.07) is 15.9. The zero-order valence-electron chi connectivity index (χ0n) is 12.0. The highest BCUT2D eigenvalue weighted by molar-refractivity contribution is 7.98. The van der Waals surface area contributed by atoms with Crippen molar-refractivity contribution in [2.45, 2.75) is 15.9 Å². The lowest BCUT2D eigenvalue weighted by Crippen LogP contribution is -2.05. The molecule has 1 unspecified atom stereocenters. The Labute approximate surface area is 135 Å². The number of hydrogen-bond acceptors (Lipinski definition) is 5. The van der Waals surface area contributed by atoms with E-state index in [1.54, 1.807) is 6.07 Å². The minimum absolute atomic E-state index is 0.289. The maximum absolute atomic E-state index is 12.5. The van der Waals surface area contributed by atoms with Gasteiger partial charge in [0.25, 0.3) is 0 Å². The summed E-state index contributed by atoms with van der Waals surface area (Å²) >= 11 is 1.46. The second kappa shape index (κ2) is 6.46. The molecule has 0 spiro atoms. The van der Waals surface area contributed by atoms with Crippen molar-refractivity contribution in [3.8, 4) is 0 Å². The molecule has 3 aromatic rings. The van der Waals surface area contributed by atoms with Gasteiger partial charge in [0, 0.05) is 6.07 Å². The number of nitrogen functional groups attached to an aromatic ring is 1. The van der Waals surface area contributed by atoms with Gasteiger partial charge in [0.2, 0.25) is 5.16 Å². The first kappa shape index (κ1) is 15.0. The van der Waals surface area contributed by atoms with Crippen LogP contribution in [-0.2, 0) is 16.6 Å². The smallest absolute Gasteiger partial charge is 0.221 e. The van der Waals surface area contributed by atoms with Gasteiger partial charge >= 0.3 is 0 Å². The van der Waals surface area contributed by atoms with E-state index in [1.165, 1.54) is 17.1 Å². The van der Waals surface area contributed by atoms with Crippen molar-refractivity contribution >= 4 is 39.2 Å². The van der Waals surface area contributed by atoms with Crippen LogP contribution in [0.15, 0.2) is 58.7 Å². The number of nitrogens with zero attached hydrogens (tertiary/aromatic N) is 2. The Morgan fingerprint density at radius 2 is 1.86 bits per heavy atom. The summed E-state index contributed by atoms with van der Waals surface area (Å²) in [7, 11) is -1.32. The Kier molecular flexibility index (Phi) is 4.40. The second-order valence-corrected chi connectivity index (χ2v) is 6.96. The van der Waals surface area contributed by atoms with Crippen molar-refractivity contribution < 1.29 is 4.21 Å². The molecule has 1 heterocycles. The summed E-state index contributed by atoms with van der Waals surface area (Å²) in [5.74, 6) is 0.725. The standard InChI is InChI=1S/C16H15N3OS2/c1-21-15-9-14(17)18-16(19-15)22(20)10-11-6-7-12-4-2-3-5-13(12)8-11/h2-9H,10H2,1H3,(H2,17,18,19). The van der Waals surface area contributed by atoms with Crippen LogP contribution in [0, 0.1) is 0 Å². The molecule has 22 heavy (non-hydrogen) atoms. The number of rotatable bonds is 4. The fourth-order valence-corrected chi connectivity index (χ4v) is 3.66. The van der Waals surface area contributed by atoms with Crippen LogP contribution < -0.4 is 5.73 Å². The number of anilines is 1. The molecule has 0 aliphatic heterocycles. The van der Waals surface area contributed by atoms with E-state index in [-0.39, 0.29) is 5.16 Å². The Morgan fingerprint density at radius 1 is 1.09 bits per heavy atom. The average Bonchev–Trinajstić information content (AvgIpc) is 2.54. The van der Waals surface area contributed by atoms with E-state index in [0.29, 0.717) is 11.6 Å². The van der Waals surface area contributed by atoms with E-state index in [9.17, 15) is 4.21 Å². The third-order valence-electron chi connectivity index (χ3n) is 3.23. The van der Waals surface area contributed by atoms with Crippen LogP contribution in [-0.4, -0.2) is 20.4 Å². The molecule has 112 valence electrons. The zero-order valence-corrected chi connectivity index (χ0v) is 13.7. The molecule has 0 aliphatic carbocycles. The van der Waals surface area contributed by atoms with Crippen LogP contribution in [0.2, 0.25) is 0 Å².